The molecule has 0 atom stereocenters. The highest BCUT2D eigenvalue weighted by molar-refractivity contribution is 6.33. The van der Waals surface area contributed by atoms with Gasteiger partial charge in [0.1, 0.15) is 0 Å². The van der Waals surface area contributed by atoms with E-state index in [2.05, 4.69) is 41.5 Å². The van der Waals surface area contributed by atoms with E-state index < -0.39 is 0 Å². The van der Waals surface area contributed by atoms with E-state index in [4.69, 9.17) is 11.6 Å². The molecule has 0 radical (unpaired) electrons. The van der Waals surface area contributed by atoms with Gasteiger partial charge in [-0.3, -0.25) is 9.20 Å². The summed E-state index contributed by atoms with van der Waals surface area (Å²) in [7, 11) is 0. The zero-order valence-corrected chi connectivity index (χ0v) is 16.4. The fraction of sp³-hybridized carbons (Fsp3) is 0.136. The van der Waals surface area contributed by atoms with Crippen LogP contribution in [-0.4, -0.2) is 20.5 Å². The van der Waals surface area contributed by atoms with E-state index in [1.807, 2.05) is 34.7 Å². The summed E-state index contributed by atoms with van der Waals surface area (Å²) < 4.78 is 1.82. The average molecular weight is 391 g/mol. The molecule has 0 spiro atoms. The number of pyridine rings is 1. The summed E-state index contributed by atoms with van der Waals surface area (Å²) in [5.41, 5.74) is 5.44. The van der Waals surface area contributed by atoms with E-state index in [1.54, 1.807) is 18.3 Å². The number of nitrogens with one attached hydrogen (secondary N) is 1. The molecule has 0 saturated carbocycles. The van der Waals surface area contributed by atoms with Crippen molar-refractivity contribution in [3.05, 3.63) is 88.1 Å². The van der Waals surface area contributed by atoms with Crippen LogP contribution in [0.4, 0.5) is 0 Å². The molecule has 0 aliphatic rings. The Labute approximate surface area is 168 Å². The molecule has 140 valence electrons. The third-order valence-corrected chi connectivity index (χ3v) is 5.14. The van der Waals surface area contributed by atoms with Gasteiger partial charge in [0.05, 0.1) is 5.02 Å². The van der Waals surface area contributed by atoms with E-state index >= 15 is 0 Å². The van der Waals surface area contributed by atoms with Crippen molar-refractivity contribution in [2.24, 2.45) is 0 Å². The van der Waals surface area contributed by atoms with Crippen LogP contribution < -0.4 is 5.32 Å². The fourth-order valence-electron chi connectivity index (χ4n) is 3.06. The van der Waals surface area contributed by atoms with Crippen molar-refractivity contribution in [1.29, 1.82) is 0 Å². The largest absolute Gasteiger partial charge is 0.348 e. The molecule has 2 heterocycles. The molecule has 1 amide bonds. The zero-order valence-electron chi connectivity index (χ0n) is 15.6. The molecule has 5 nitrogen and oxygen atoms in total. The van der Waals surface area contributed by atoms with Crippen molar-refractivity contribution in [1.82, 2.24) is 19.9 Å². The van der Waals surface area contributed by atoms with E-state index in [1.165, 1.54) is 11.1 Å². The van der Waals surface area contributed by atoms with Gasteiger partial charge in [-0.15, -0.1) is 10.2 Å². The quantitative estimate of drug-likeness (QED) is 0.554. The van der Waals surface area contributed by atoms with Crippen LogP contribution in [-0.2, 0) is 6.54 Å². The number of hydrogen-bond donors (Lipinski definition) is 1. The average Bonchev–Trinajstić information content (AvgIpc) is 3.12. The van der Waals surface area contributed by atoms with Gasteiger partial charge in [0.25, 0.3) is 5.91 Å². The Bertz CT molecular complexity index is 1180. The lowest BCUT2D eigenvalue weighted by Gasteiger charge is -2.08. The number of nitrogens with zero attached hydrogens (tertiary/aromatic N) is 3. The SMILES string of the molecule is Cc1ccc(CNC(=O)c2ccn3c(-c4ccccc4Cl)nnc3c2)cc1C. The van der Waals surface area contributed by atoms with Gasteiger partial charge in [-0.05, 0) is 54.8 Å². The third kappa shape index (κ3) is 3.49. The molecule has 0 bridgehead atoms. The molecule has 2 aromatic heterocycles. The number of halogens is 1. The maximum atomic E-state index is 12.6. The molecule has 0 aliphatic carbocycles. The summed E-state index contributed by atoms with van der Waals surface area (Å²) in [6.07, 6.45) is 1.79. The van der Waals surface area contributed by atoms with Crippen LogP contribution in [0.3, 0.4) is 0 Å². The number of carbonyl (C=O) groups is 1. The van der Waals surface area contributed by atoms with Crippen LogP contribution in [0.5, 0.6) is 0 Å². The molecule has 0 aliphatic heterocycles. The van der Waals surface area contributed by atoms with Crippen molar-refractivity contribution < 1.29 is 4.79 Å². The van der Waals surface area contributed by atoms with E-state index in [0.717, 1.165) is 11.1 Å². The molecule has 28 heavy (non-hydrogen) atoms. The lowest BCUT2D eigenvalue weighted by Crippen LogP contribution is -2.23. The highest BCUT2D eigenvalue weighted by Crippen LogP contribution is 2.26. The van der Waals surface area contributed by atoms with Gasteiger partial charge in [0.2, 0.25) is 0 Å². The smallest absolute Gasteiger partial charge is 0.251 e. The third-order valence-electron chi connectivity index (χ3n) is 4.81. The predicted molar refractivity (Wildman–Crippen MR) is 111 cm³/mol. The maximum Gasteiger partial charge on any atom is 0.251 e. The number of amides is 1. The molecule has 0 fully saturated rings. The number of fused-ring (bicyclic) bond motifs is 1. The number of aryl methyl sites for hydroxylation is 2. The Kier molecular flexibility index (Phi) is 4.84. The second-order valence-corrected chi connectivity index (χ2v) is 7.16. The lowest BCUT2D eigenvalue weighted by molar-refractivity contribution is 0.0951. The van der Waals surface area contributed by atoms with Crippen LogP contribution >= 0.6 is 11.6 Å². The minimum absolute atomic E-state index is 0.150. The highest BCUT2D eigenvalue weighted by Gasteiger charge is 2.13. The highest BCUT2D eigenvalue weighted by atomic mass is 35.5. The number of aromatic nitrogens is 3. The first-order chi connectivity index (χ1) is 13.5. The van der Waals surface area contributed by atoms with Crippen LogP contribution in [0.15, 0.2) is 60.8 Å². The molecule has 1 N–H and O–H groups in total. The van der Waals surface area contributed by atoms with Gasteiger partial charge in [-0.2, -0.15) is 0 Å². The summed E-state index contributed by atoms with van der Waals surface area (Å²) >= 11 is 6.27. The van der Waals surface area contributed by atoms with Gasteiger partial charge >= 0.3 is 0 Å². The van der Waals surface area contributed by atoms with Crippen LogP contribution in [0, 0.1) is 13.8 Å². The van der Waals surface area contributed by atoms with E-state index in [9.17, 15) is 4.79 Å². The van der Waals surface area contributed by atoms with Crippen molar-refractivity contribution >= 4 is 23.2 Å². The second kappa shape index (κ2) is 7.44. The molecule has 4 rings (SSSR count). The summed E-state index contributed by atoms with van der Waals surface area (Å²) in [5.74, 6) is 0.491. The molecule has 0 saturated heterocycles. The summed E-state index contributed by atoms with van der Waals surface area (Å²) in [6.45, 7) is 4.61. The Morgan fingerprint density at radius 2 is 1.86 bits per heavy atom. The number of benzene rings is 2. The molecule has 0 unspecified atom stereocenters. The van der Waals surface area contributed by atoms with E-state index in [0.29, 0.717) is 28.6 Å². The number of hydrogen-bond acceptors (Lipinski definition) is 3. The molecule has 4 aromatic rings. The van der Waals surface area contributed by atoms with Gasteiger partial charge in [-0.1, -0.05) is 41.9 Å². The lowest BCUT2D eigenvalue weighted by atomic mass is 10.1. The second-order valence-electron chi connectivity index (χ2n) is 6.75. The number of carbonyl (C=O) groups excluding carboxylic acids is 1. The Hall–Kier alpha value is -3.18. The first-order valence-corrected chi connectivity index (χ1v) is 9.35. The topological polar surface area (TPSA) is 59.3 Å². The summed E-state index contributed by atoms with van der Waals surface area (Å²) in [4.78, 5) is 12.6. The Morgan fingerprint density at radius 1 is 1.04 bits per heavy atom. The first kappa shape index (κ1) is 18.2. The minimum Gasteiger partial charge on any atom is -0.348 e. The fourth-order valence-corrected chi connectivity index (χ4v) is 3.28. The Balaban J connectivity index is 1.55. The predicted octanol–water partition coefficient (Wildman–Crippen LogP) is 4.60. The van der Waals surface area contributed by atoms with Crippen molar-refractivity contribution in [3.63, 3.8) is 0 Å². The van der Waals surface area contributed by atoms with Crippen molar-refractivity contribution in [2.45, 2.75) is 20.4 Å². The molecule has 6 heteroatoms. The van der Waals surface area contributed by atoms with Crippen LogP contribution in [0.2, 0.25) is 5.02 Å². The summed E-state index contributed by atoms with van der Waals surface area (Å²) in [5, 5.41) is 12.0. The van der Waals surface area contributed by atoms with Gasteiger partial charge in [-0.25, -0.2) is 0 Å². The van der Waals surface area contributed by atoms with E-state index in [-0.39, 0.29) is 5.91 Å². The first-order valence-electron chi connectivity index (χ1n) is 8.97. The molecular formula is C22H19ClN4O. The zero-order chi connectivity index (χ0) is 19.7. The van der Waals surface area contributed by atoms with Crippen LogP contribution in [0.25, 0.3) is 17.0 Å². The monoisotopic (exact) mass is 390 g/mol. The van der Waals surface area contributed by atoms with Crippen molar-refractivity contribution in [3.8, 4) is 11.4 Å². The minimum atomic E-state index is -0.150. The number of rotatable bonds is 4. The van der Waals surface area contributed by atoms with Crippen LogP contribution in [0.1, 0.15) is 27.0 Å². The maximum absolute atomic E-state index is 12.6. The van der Waals surface area contributed by atoms with Gasteiger partial charge < -0.3 is 5.32 Å². The van der Waals surface area contributed by atoms with Gasteiger partial charge in [0.15, 0.2) is 11.5 Å². The molecule has 2 aromatic carbocycles. The van der Waals surface area contributed by atoms with Gasteiger partial charge in [0, 0.05) is 23.9 Å². The Morgan fingerprint density at radius 3 is 2.64 bits per heavy atom. The standard InChI is InChI=1S/C22H19ClN4O/c1-14-7-8-16(11-15(14)2)13-24-22(28)17-9-10-27-20(12-17)25-26-21(27)18-5-3-4-6-19(18)23/h3-12H,13H2,1-2H3,(H,24,28). The normalized spacial score (nSPS) is 11.0. The van der Waals surface area contributed by atoms with Crippen molar-refractivity contribution in [2.75, 3.05) is 0 Å². The summed E-state index contributed by atoms with van der Waals surface area (Å²) in [6, 6.07) is 17.1. The molecular weight excluding hydrogens is 372 g/mol.